The molecule has 2 aromatic heterocycles. The molecule has 0 atom stereocenters. The Labute approximate surface area is 136 Å². The van der Waals surface area contributed by atoms with Gasteiger partial charge in [-0.1, -0.05) is 13.8 Å². The predicted molar refractivity (Wildman–Crippen MR) is 88.3 cm³/mol. The van der Waals surface area contributed by atoms with Crippen LogP contribution < -0.4 is 4.90 Å². The average molecular weight is 310 g/mol. The topological polar surface area (TPSA) is 70.6 Å². The van der Waals surface area contributed by atoms with Crippen LogP contribution in [-0.2, 0) is 20.0 Å². The Bertz CT molecular complexity index is 796. The number of nitrogens with zero attached hydrogens (tertiary/aromatic N) is 6. The van der Waals surface area contributed by atoms with Crippen molar-refractivity contribution in [2.45, 2.75) is 46.6 Å². The van der Waals surface area contributed by atoms with E-state index in [1.165, 1.54) is 5.69 Å². The number of nitriles is 1. The van der Waals surface area contributed by atoms with Gasteiger partial charge in [-0.25, -0.2) is 4.98 Å². The third-order valence-corrected chi connectivity index (χ3v) is 4.65. The molecule has 0 radical (unpaired) electrons. The molecule has 3 rings (SSSR count). The fourth-order valence-electron chi connectivity index (χ4n) is 3.20. The number of hydrogen-bond donors (Lipinski definition) is 0. The van der Waals surface area contributed by atoms with Gasteiger partial charge in [0.05, 0.1) is 17.9 Å². The zero-order valence-electron chi connectivity index (χ0n) is 14.4. The van der Waals surface area contributed by atoms with Crippen molar-refractivity contribution < 1.29 is 0 Å². The summed E-state index contributed by atoms with van der Waals surface area (Å²) >= 11 is 0. The van der Waals surface area contributed by atoms with E-state index in [2.05, 4.69) is 46.6 Å². The van der Waals surface area contributed by atoms with Gasteiger partial charge in [0.15, 0.2) is 5.82 Å². The minimum absolute atomic E-state index is 0.398. The van der Waals surface area contributed by atoms with E-state index in [4.69, 9.17) is 4.98 Å². The number of rotatable bonds is 2. The first-order valence-corrected chi connectivity index (χ1v) is 7.97. The molecule has 0 aliphatic carbocycles. The molecule has 0 fully saturated rings. The van der Waals surface area contributed by atoms with Crippen molar-refractivity contribution in [3.63, 3.8) is 0 Å². The predicted octanol–water partition coefficient (Wildman–Crippen LogP) is 2.38. The normalized spacial score (nSPS) is 14.0. The monoisotopic (exact) mass is 310 g/mol. The van der Waals surface area contributed by atoms with E-state index in [0.717, 1.165) is 35.7 Å². The van der Waals surface area contributed by atoms with Crippen LogP contribution in [0, 0.1) is 25.2 Å². The largest absolute Gasteiger partial charge is 0.348 e. The van der Waals surface area contributed by atoms with Gasteiger partial charge < -0.3 is 9.47 Å². The third-order valence-electron chi connectivity index (χ3n) is 4.65. The summed E-state index contributed by atoms with van der Waals surface area (Å²) in [4.78, 5) is 6.93. The van der Waals surface area contributed by atoms with Crippen molar-refractivity contribution in [2.24, 2.45) is 7.05 Å². The lowest BCUT2D eigenvalue weighted by atomic mass is 10.1. The Morgan fingerprint density at radius 2 is 1.96 bits per heavy atom. The number of aryl methyl sites for hydroxylation is 1. The van der Waals surface area contributed by atoms with E-state index in [1.807, 2.05) is 13.8 Å². The Morgan fingerprint density at radius 3 is 2.61 bits per heavy atom. The van der Waals surface area contributed by atoms with E-state index in [9.17, 15) is 5.26 Å². The molecule has 1 aliphatic rings. The van der Waals surface area contributed by atoms with Crippen molar-refractivity contribution >= 4 is 5.82 Å². The summed E-state index contributed by atoms with van der Waals surface area (Å²) in [6, 6.07) is 2.29. The number of anilines is 1. The van der Waals surface area contributed by atoms with Gasteiger partial charge in [0.1, 0.15) is 17.5 Å². The lowest BCUT2D eigenvalue weighted by Gasteiger charge is -2.28. The summed E-state index contributed by atoms with van der Waals surface area (Å²) in [5.41, 5.74) is 4.72. The molecule has 0 saturated heterocycles. The van der Waals surface area contributed by atoms with E-state index in [-0.39, 0.29) is 0 Å². The summed E-state index contributed by atoms with van der Waals surface area (Å²) in [5.74, 6) is 2.19. The lowest BCUT2D eigenvalue weighted by Crippen LogP contribution is -2.32. The lowest BCUT2D eigenvalue weighted by molar-refractivity contribution is 0.654. The highest BCUT2D eigenvalue weighted by molar-refractivity contribution is 5.58. The molecule has 6 nitrogen and oxygen atoms in total. The molecule has 1 aliphatic heterocycles. The highest BCUT2D eigenvalue weighted by atomic mass is 15.3. The van der Waals surface area contributed by atoms with Crippen LogP contribution in [0.1, 0.15) is 53.8 Å². The van der Waals surface area contributed by atoms with E-state index in [0.29, 0.717) is 23.8 Å². The molecule has 0 N–H and O–H groups in total. The van der Waals surface area contributed by atoms with Gasteiger partial charge in [0.25, 0.3) is 0 Å². The van der Waals surface area contributed by atoms with Crippen LogP contribution in [0.2, 0.25) is 0 Å². The fraction of sp³-hybridized carbons (Fsp3) is 0.529. The number of fused-ring (bicyclic) bond motifs is 1. The van der Waals surface area contributed by atoms with Crippen molar-refractivity contribution in [3.05, 3.63) is 34.0 Å². The van der Waals surface area contributed by atoms with Crippen LogP contribution in [-0.4, -0.2) is 26.3 Å². The molecule has 0 saturated carbocycles. The molecule has 0 spiro atoms. The Hall–Kier alpha value is -2.42. The molecule has 120 valence electrons. The fourth-order valence-corrected chi connectivity index (χ4v) is 3.20. The first kappa shape index (κ1) is 15.5. The zero-order valence-corrected chi connectivity index (χ0v) is 14.4. The van der Waals surface area contributed by atoms with Gasteiger partial charge >= 0.3 is 0 Å². The Kier molecular flexibility index (Phi) is 3.80. The van der Waals surface area contributed by atoms with Crippen molar-refractivity contribution in [1.82, 2.24) is 19.7 Å². The molecule has 0 bridgehead atoms. The first-order chi connectivity index (χ1) is 10.9. The average Bonchev–Trinajstić information content (AvgIpc) is 2.86. The van der Waals surface area contributed by atoms with Crippen LogP contribution in [0.5, 0.6) is 0 Å². The standard InChI is InChI=1S/C17H22N6/c1-10(2)16-19-14-9-23(7-6-15(14)22(16)5)17-13(8-18)11(3)12(4)20-21-17/h10H,6-7,9H2,1-5H3. The zero-order chi connectivity index (χ0) is 16.7. The Balaban J connectivity index is 1.99. The summed E-state index contributed by atoms with van der Waals surface area (Å²) in [6.45, 7) is 9.65. The summed E-state index contributed by atoms with van der Waals surface area (Å²) < 4.78 is 2.22. The third kappa shape index (κ3) is 2.46. The Morgan fingerprint density at radius 1 is 1.22 bits per heavy atom. The molecule has 23 heavy (non-hydrogen) atoms. The van der Waals surface area contributed by atoms with E-state index >= 15 is 0 Å². The quantitative estimate of drug-likeness (QED) is 0.851. The maximum atomic E-state index is 9.51. The van der Waals surface area contributed by atoms with Gasteiger partial charge in [-0.15, -0.1) is 5.10 Å². The summed E-state index contributed by atoms with van der Waals surface area (Å²) in [7, 11) is 2.09. The minimum Gasteiger partial charge on any atom is -0.348 e. The molecule has 0 unspecified atom stereocenters. The van der Waals surface area contributed by atoms with Gasteiger partial charge in [-0.2, -0.15) is 10.4 Å². The SMILES string of the molecule is Cc1nnc(N2CCc3c(nc(C(C)C)n3C)C2)c(C#N)c1C. The smallest absolute Gasteiger partial charge is 0.169 e. The van der Waals surface area contributed by atoms with E-state index in [1.54, 1.807) is 0 Å². The van der Waals surface area contributed by atoms with E-state index < -0.39 is 0 Å². The second kappa shape index (κ2) is 5.65. The maximum absolute atomic E-state index is 9.51. The molecule has 0 aromatic carbocycles. The van der Waals surface area contributed by atoms with Crippen molar-refractivity contribution in [3.8, 4) is 6.07 Å². The van der Waals surface area contributed by atoms with Crippen LogP contribution >= 0.6 is 0 Å². The number of imidazole rings is 1. The minimum atomic E-state index is 0.398. The number of hydrogen-bond acceptors (Lipinski definition) is 5. The van der Waals surface area contributed by atoms with Crippen molar-refractivity contribution in [2.75, 3.05) is 11.4 Å². The van der Waals surface area contributed by atoms with Gasteiger partial charge in [0, 0.05) is 31.6 Å². The highest BCUT2D eigenvalue weighted by Crippen LogP contribution is 2.28. The first-order valence-electron chi connectivity index (χ1n) is 7.97. The van der Waals surface area contributed by atoms with Gasteiger partial charge in [-0.3, -0.25) is 0 Å². The second-order valence-corrected chi connectivity index (χ2v) is 6.47. The molecule has 2 aromatic rings. The molecular weight excluding hydrogens is 288 g/mol. The van der Waals surface area contributed by atoms with Gasteiger partial charge in [0.2, 0.25) is 0 Å². The molecule has 0 amide bonds. The van der Waals surface area contributed by atoms with Crippen LogP contribution in [0.15, 0.2) is 0 Å². The van der Waals surface area contributed by atoms with Crippen LogP contribution in [0.25, 0.3) is 0 Å². The summed E-state index contributed by atoms with van der Waals surface area (Å²) in [6.07, 6.45) is 0.908. The molecular formula is C17H22N6. The maximum Gasteiger partial charge on any atom is 0.169 e. The van der Waals surface area contributed by atoms with Crippen molar-refractivity contribution in [1.29, 1.82) is 5.26 Å². The van der Waals surface area contributed by atoms with Crippen LogP contribution in [0.4, 0.5) is 5.82 Å². The molecule has 6 heteroatoms. The molecule has 3 heterocycles. The highest BCUT2D eigenvalue weighted by Gasteiger charge is 2.26. The second-order valence-electron chi connectivity index (χ2n) is 6.47. The number of aromatic nitrogens is 4. The van der Waals surface area contributed by atoms with Gasteiger partial charge in [-0.05, 0) is 19.4 Å². The van der Waals surface area contributed by atoms with Crippen LogP contribution in [0.3, 0.4) is 0 Å². The summed E-state index contributed by atoms with van der Waals surface area (Å²) in [5, 5.41) is 18.0.